The Morgan fingerprint density at radius 1 is 1.52 bits per heavy atom. The van der Waals surface area contributed by atoms with Crippen LogP contribution in [-0.2, 0) is 10.0 Å². The van der Waals surface area contributed by atoms with E-state index in [-0.39, 0.29) is 10.6 Å². The lowest BCUT2D eigenvalue weighted by molar-refractivity contribution is 0.399. The fraction of sp³-hybridized carbons (Fsp3) is 0.538. The number of rotatable bonds is 6. The van der Waals surface area contributed by atoms with Gasteiger partial charge in [-0.15, -0.1) is 0 Å². The second-order valence-corrected chi connectivity index (χ2v) is 7.92. The first-order valence-electron chi connectivity index (χ1n) is 6.70. The van der Waals surface area contributed by atoms with Crippen LogP contribution in [0.1, 0.15) is 19.3 Å². The van der Waals surface area contributed by atoms with E-state index >= 15 is 0 Å². The maximum atomic E-state index is 12.4. The van der Waals surface area contributed by atoms with Crippen LogP contribution in [0, 0.1) is 0 Å². The molecule has 0 saturated carbocycles. The molecule has 2 rings (SSSR count). The topological polar surface area (TPSA) is 67.4 Å². The summed E-state index contributed by atoms with van der Waals surface area (Å²) in [6.07, 6.45) is 3.00. The largest absolute Gasteiger partial charge is 0.494 e. The van der Waals surface area contributed by atoms with Crippen molar-refractivity contribution >= 4 is 37.6 Å². The molecule has 8 heteroatoms. The summed E-state index contributed by atoms with van der Waals surface area (Å²) in [5, 5.41) is 3.67. The van der Waals surface area contributed by atoms with Gasteiger partial charge in [0.1, 0.15) is 4.90 Å². The van der Waals surface area contributed by atoms with Gasteiger partial charge in [-0.3, -0.25) is 0 Å². The van der Waals surface area contributed by atoms with Crippen LogP contribution in [0.3, 0.4) is 0 Å². The van der Waals surface area contributed by atoms with Gasteiger partial charge in [0.25, 0.3) is 0 Å². The standard InChI is InChI=1S/C13H18BrClN2O3S/c1-20-13-11(14)7-9(15)8-12(13)21(18,19)17-6-4-10-3-2-5-16-10/h7-8,10,16-17H,2-6H2,1H3. The highest BCUT2D eigenvalue weighted by atomic mass is 79.9. The first-order chi connectivity index (χ1) is 9.94. The zero-order valence-corrected chi connectivity index (χ0v) is 14.8. The summed E-state index contributed by atoms with van der Waals surface area (Å²) in [5.74, 6) is 0.255. The Morgan fingerprint density at radius 2 is 2.29 bits per heavy atom. The number of nitrogens with one attached hydrogen (secondary N) is 2. The third kappa shape index (κ3) is 4.32. The molecule has 1 aliphatic heterocycles. The van der Waals surface area contributed by atoms with E-state index in [0.29, 0.717) is 22.1 Å². The van der Waals surface area contributed by atoms with E-state index in [9.17, 15) is 8.42 Å². The Morgan fingerprint density at radius 3 is 2.90 bits per heavy atom. The third-order valence-electron chi connectivity index (χ3n) is 3.42. The Balaban J connectivity index is 2.11. The van der Waals surface area contributed by atoms with Gasteiger partial charge < -0.3 is 10.1 Å². The number of ether oxygens (including phenoxy) is 1. The van der Waals surface area contributed by atoms with Gasteiger partial charge in [0.2, 0.25) is 10.0 Å². The van der Waals surface area contributed by atoms with Crippen LogP contribution in [-0.4, -0.2) is 34.7 Å². The molecule has 1 atom stereocenters. The summed E-state index contributed by atoms with van der Waals surface area (Å²) in [6.45, 7) is 1.39. The number of hydrogen-bond acceptors (Lipinski definition) is 4. The van der Waals surface area contributed by atoms with Gasteiger partial charge in [-0.1, -0.05) is 11.6 Å². The van der Waals surface area contributed by atoms with Crippen molar-refractivity contribution in [3.63, 3.8) is 0 Å². The normalized spacial score (nSPS) is 18.9. The average Bonchev–Trinajstić information content (AvgIpc) is 2.91. The molecule has 1 aromatic rings. The van der Waals surface area contributed by atoms with Crippen LogP contribution >= 0.6 is 27.5 Å². The molecule has 5 nitrogen and oxygen atoms in total. The number of methoxy groups -OCH3 is 1. The number of sulfonamides is 1. The molecule has 0 spiro atoms. The van der Waals surface area contributed by atoms with Crippen molar-refractivity contribution < 1.29 is 13.2 Å². The van der Waals surface area contributed by atoms with Gasteiger partial charge >= 0.3 is 0 Å². The van der Waals surface area contributed by atoms with E-state index < -0.39 is 10.0 Å². The molecule has 0 aromatic heterocycles. The molecule has 21 heavy (non-hydrogen) atoms. The summed E-state index contributed by atoms with van der Waals surface area (Å²) in [6, 6.07) is 3.38. The maximum Gasteiger partial charge on any atom is 0.244 e. The fourth-order valence-electron chi connectivity index (χ4n) is 2.38. The zero-order valence-electron chi connectivity index (χ0n) is 11.7. The highest BCUT2D eigenvalue weighted by molar-refractivity contribution is 9.10. The van der Waals surface area contributed by atoms with Crippen molar-refractivity contribution in [3.8, 4) is 5.75 Å². The monoisotopic (exact) mass is 396 g/mol. The lowest BCUT2D eigenvalue weighted by Gasteiger charge is -2.14. The Hall–Kier alpha value is -0.340. The van der Waals surface area contributed by atoms with E-state index in [0.717, 1.165) is 25.8 Å². The van der Waals surface area contributed by atoms with Gasteiger partial charge in [-0.2, -0.15) is 0 Å². The Bertz CT molecular complexity index is 604. The molecule has 2 N–H and O–H groups in total. The zero-order chi connectivity index (χ0) is 15.5. The van der Waals surface area contributed by atoms with Gasteiger partial charge in [0.15, 0.2) is 5.75 Å². The summed E-state index contributed by atoms with van der Waals surface area (Å²) in [5.41, 5.74) is 0. The number of hydrogen-bond donors (Lipinski definition) is 2. The van der Waals surface area contributed by atoms with Crippen molar-refractivity contribution in [3.05, 3.63) is 21.6 Å². The van der Waals surface area contributed by atoms with Crippen molar-refractivity contribution in [1.82, 2.24) is 10.0 Å². The number of halogens is 2. The quantitative estimate of drug-likeness (QED) is 0.774. The van der Waals surface area contributed by atoms with Gasteiger partial charge in [-0.05, 0) is 53.9 Å². The second kappa shape index (κ2) is 7.28. The SMILES string of the molecule is COc1c(Br)cc(Cl)cc1S(=O)(=O)NCCC1CCCN1. The smallest absolute Gasteiger partial charge is 0.244 e. The minimum atomic E-state index is -3.66. The Kier molecular flexibility index (Phi) is 5.90. The molecule has 0 aliphatic carbocycles. The number of benzene rings is 1. The molecule has 1 fully saturated rings. The van der Waals surface area contributed by atoms with Crippen LogP contribution in [0.15, 0.2) is 21.5 Å². The van der Waals surface area contributed by atoms with Crippen molar-refractivity contribution in [2.45, 2.75) is 30.2 Å². The lowest BCUT2D eigenvalue weighted by Crippen LogP contribution is -2.30. The van der Waals surface area contributed by atoms with Crippen LogP contribution < -0.4 is 14.8 Å². The van der Waals surface area contributed by atoms with E-state index in [1.165, 1.54) is 13.2 Å². The predicted molar refractivity (Wildman–Crippen MR) is 86.5 cm³/mol. The highest BCUT2D eigenvalue weighted by Crippen LogP contribution is 2.35. The van der Waals surface area contributed by atoms with Gasteiger partial charge in [0, 0.05) is 17.6 Å². The summed E-state index contributed by atoms with van der Waals surface area (Å²) in [4.78, 5) is 0.0451. The van der Waals surface area contributed by atoms with E-state index in [2.05, 4.69) is 26.0 Å². The van der Waals surface area contributed by atoms with Gasteiger partial charge in [-0.25, -0.2) is 13.1 Å². The molecule has 1 heterocycles. The van der Waals surface area contributed by atoms with E-state index in [1.54, 1.807) is 6.07 Å². The summed E-state index contributed by atoms with van der Waals surface area (Å²) >= 11 is 9.20. The molecular weight excluding hydrogens is 380 g/mol. The first-order valence-corrected chi connectivity index (χ1v) is 9.35. The van der Waals surface area contributed by atoms with Crippen LogP contribution in [0.25, 0.3) is 0 Å². The molecule has 0 radical (unpaired) electrons. The third-order valence-corrected chi connectivity index (χ3v) is 5.69. The van der Waals surface area contributed by atoms with E-state index in [4.69, 9.17) is 16.3 Å². The molecule has 0 amide bonds. The highest BCUT2D eigenvalue weighted by Gasteiger charge is 2.23. The molecule has 1 saturated heterocycles. The average molecular weight is 398 g/mol. The summed E-state index contributed by atoms with van der Waals surface area (Å²) in [7, 11) is -2.23. The Labute approximate surface area is 138 Å². The minimum Gasteiger partial charge on any atom is -0.494 e. The van der Waals surface area contributed by atoms with Crippen LogP contribution in [0.4, 0.5) is 0 Å². The lowest BCUT2D eigenvalue weighted by atomic mass is 10.2. The summed E-state index contributed by atoms with van der Waals surface area (Å²) < 4.78 is 33.1. The van der Waals surface area contributed by atoms with Gasteiger partial charge in [0.05, 0.1) is 11.6 Å². The minimum absolute atomic E-state index is 0.0451. The van der Waals surface area contributed by atoms with E-state index in [1.807, 2.05) is 0 Å². The van der Waals surface area contributed by atoms with Crippen molar-refractivity contribution in [2.24, 2.45) is 0 Å². The molecule has 1 aromatic carbocycles. The maximum absolute atomic E-state index is 12.4. The first kappa shape index (κ1) is 17.0. The van der Waals surface area contributed by atoms with Crippen LogP contribution in [0.2, 0.25) is 5.02 Å². The van der Waals surface area contributed by atoms with Crippen molar-refractivity contribution in [2.75, 3.05) is 20.2 Å². The molecular formula is C13H18BrClN2O3S. The molecule has 0 bridgehead atoms. The predicted octanol–water partition coefficient (Wildman–Crippen LogP) is 2.53. The molecule has 118 valence electrons. The van der Waals surface area contributed by atoms with Crippen LogP contribution in [0.5, 0.6) is 5.75 Å². The second-order valence-electron chi connectivity index (χ2n) is 4.90. The molecule has 1 unspecified atom stereocenters. The fourth-order valence-corrected chi connectivity index (χ4v) is 4.81. The van der Waals surface area contributed by atoms with Crippen molar-refractivity contribution in [1.29, 1.82) is 0 Å². The molecule has 1 aliphatic rings.